The highest BCUT2D eigenvalue weighted by molar-refractivity contribution is 9.10. The third-order valence-electron chi connectivity index (χ3n) is 4.80. The summed E-state index contributed by atoms with van der Waals surface area (Å²) in [5.41, 5.74) is 1.46. The van der Waals surface area contributed by atoms with Crippen LogP contribution in [0.15, 0.2) is 38.3 Å². The molecule has 7 nitrogen and oxygen atoms in total. The van der Waals surface area contributed by atoms with Gasteiger partial charge < -0.3 is 5.32 Å². The summed E-state index contributed by atoms with van der Waals surface area (Å²) in [7, 11) is 0. The molecule has 1 amide bonds. The molecule has 0 radical (unpaired) electrons. The third-order valence-corrected chi connectivity index (χ3v) is 5.29. The number of hydrogen-bond donors (Lipinski definition) is 2. The van der Waals surface area contributed by atoms with Crippen LogP contribution < -0.4 is 16.6 Å². The molecule has 0 unspecified atom stereocenters. The number of carbonyl (C=O) groups excluding carboxylic acids is 1. The number of aromatic amines is 1. The van der Waals surface area contributed by atoms with E-state index >= 15 is 0 Å². The fourth-order valence-corrected chi connectivity index (χ4v) is 3.58. The Labute approximate surface area is 182 Å². The van der Waals surface area contributed by atoms with Crippen LogP contribution in [0, 0.1) is 12.8 Å². The van der Waals surface area contributed by atoms with Gasteiger partial charge in [-0.1, -0.05) is 49.7 Å². The third kappa shape index (κ3) is 4.38. The molecule has 8 heteroatoms. The molecule has 0 saturated heterocycles. The van der Waals surface area contributed by atoms with Gasteiger partial charge in [-0.3, -0.25) is 19.1 Å². The van der Waals surface area contributed by atoms with E-state index in [2.05, 4.69) is 31.2 Å². The lowest BCUT2D eigenvalue weighted by molar-refractivity contribution is 0.102. The molecule has 2 N–H and O–H groups in total. The van der Waals surface area contributed by atoms with E-state index in [0.29, 0.717) is 17.9 Å². The molecule has 2 aromatic heterocycles. The van der Waals surface area contributed by atoms with E-state index in [9.17, 15) is 14.4 Å². The SMILES string of the molecule is Cc1ccc(Br)cc1NC(=O)c1cc(C(C)C)nc2c1c(=O)[nH]c(=O)n2CC(C)C. The predicted octanol–water partition coefficient (Wildman–Crippen LogP) is 4.19. The molecule has 0 aliphatic carbocycles. The maximum atomic E-state index is 13.2. The van der Waals surface area contributed by atoms with Gasteiger partial charge in [0.2, 0.25) is 0 Å². The molecule has 0 atom stereocenters. The van der Waals surface area contributed by atoms with Crippen LogP contribution in [0.3, 0.4) is 0 Å². The lowest BCUT2D eigenvalue weighted by atomic mass is 10.0. The minimum Gasteiger partial charge on any atom is -0.322 e. The van der Waals surface area contributed by atoms with Gasteiger partial charge in [0.25, 0.3) is 11.5 Å². The molecule has 0 spiro atoms. The standard InChI is InChI=1S/C22H25BrN4O3/c1-11(2)10-27-19-18(21(29)26-22(27)30)15(9-16(24-19)12(3)4)20(28)25-17-8-14(23)7-6-13(17)5/h6-9,11-12H,10H2,1-5H3,(H,25,28)(H,26,29,30). The first kappa shape index (κ1) is 22.0. The van der Waals surface area contributed by atoms with Crippen LogP contribution in [0.25, 0.3) is 11.0 Å². The molecule has 30 heavy (non-hydrogen) atoms. The number of H-pyrrole nitrogens is 1. The summed E-state index contributed by atoms with van der Waals surface area (Å²) >= 11 is 3.41. The second-order valence-electron chi connectivity index (χ2n) is 8.13. The quantitative estimate of drug-likeness (QED) is 0.581. The van der Waals surface area contributed by atoms with E-state index in [1.54, 1.807) is 12.1 Å². The van der Waals surface area contributed by atoms with Crippen molar-refractivity contribution >= 4 is 38.6 Å². The van der Waals surface area contributed by atoms with Gasteiger partial charge in [-0.15, -0.1) is 0 Å². The lowest BCUT2D eigenvalue weighted by Gasteiger charge is -2.16. The number of pyridine rings is 1. The van der Waals surface area contributed by atoms with E-state index in [1.807, 2.05) is 46.8 Å². The summed E-state index contributed by atoms with van der Waals surface area (Å²) in [5, 5.41) is 3.01. The van der Waals surface area contributed by atoms with Crippen molar-refractivity contribution < 1.29 is 4.79 Å². The number of aryl methyl sites for hydroxylation is 1. The number of aromatic nitrogens is 3. The van der Waals surface area contributed by atoms with Crippen molar-refractivity contribution in [3.8, 4) is 0 Å². The Kier molecular flexibility index (Phi) is 6.26. The van der Waals surface area contributed by atoms with Gasteiger partial charge in [-0.25, -0.2) is 9.78 Å². The van der Waals surface area contributed by atoms with Crippen molar-refractivity contribution in [3.63, 3.8) is 0 Å². The van der Waals surface area contributed by atoms with Crippen LogP contribution in [0.5, 0.6) is 0 Å². The van der Waals surface area contributed by atoms with Crippen LogP contribution in [-0.2, 0) is 6.54 Å². The van der Waals surface area contributed by atoms with Crippen molar-refractivity contribution in [2.75, 3.05) is 5.32 Å². The summed E-state index contributed by atoms with van der Waals surface area (Å²) in [6.45, 7) is 10.1. The average molecular weight is 473 g/mol. The van der Waals surface area contributed by atoms with Gasteiger partial charge in [0.05, 0.1) is 10.9 Å². The number of amides is 1. The van der Waals surface area contributed by atoms with E-state index in [0.717, 1.165) is 10.0 Å². The highest BCUT2D eigenvalue weighted by Crippen LogP contribution is 2.24. The number of nitrogens with zero attached hydrogens (tertiary/aromatic N) is 2. The maximum absolute atomic E-state index is 13.2. The van der Waals surface area contributed by atoms with Gasteiger partial charge in [0.15, 0.2) is 5.65 Å². The molecule has 0 fully saturated rings. The van der Waals surface area contributed by atoms with E-state index in [-0.39, 0.29) is 28.4 Å². The van der Waals surface area contributed by atoms with Gasteiger partial charge in [0.1, 0.15) is 0 Å². The number of rotatable bonds is 5. The average Bonchev–Trinajstić information content (AvgIpc) is 2.66. The van der Waals surface area contributed by atoms with E-state index < -0.39 is 17.2 Å². The van der Waals surface area contributed by atoms with Crippen molar-refractivity contribution in [1.82, 2.24) is 14.5 Å². The molecule has 0 bridgehead atoms. The largest absolute Gasteiger partial charge is 0.330 e. The van der Waals surface area contributed by atoms with E-state index in [1.165, 1.54) is 4.57 Å². The van der Waals surface area contributed by atoms with Gasteiger partial charge in [0, 0.05) is 22.4 Å². The van der Waals surface area contributed by atoms with Gasteiger partial charge in [-0.05, 0) is 42.5 Å². The number of fused-ring (bicyclic) bond motifs is 1. The molecular weight excluding hydrogens is 448 g/mol. The molecule has 1 aromatic carbocycles. The van der Waals surface area contributed by atoms with E-state index in [4.69, 9.17) is 0 Å². The smallest absolute Gasteiger partial charge is 0.322 e. The Morgan fingerprint density at radius 3 is 2.53 bits per heavy atom. The van der Waals surface area contributed by atoms with Crippen molar-refractivity contribution in [2.45, 2.75) is 47.1 Å². The normalized spacial score (nSPS) is 11.5. The molecular formula is C22H25BrN4O3. The fourth-order valence-electron chi connectivity index (χ4n) is 3.22. The van der Waals surface area contributed by atoms with Crippen LogP contribution in [0.1, 0.15) is 55.2 Å². The molecule has 2 heterocycles. The first-order chi connectivity index (χ1) is 14.1. The van der Waals surface area contributed by atoms with Gasteiger partial charge in [-0.2, -0.15) is 0 Å². The molecule has 158 valence electrons. The number of hydrogen-bond acceptors (Lipinski definition) is 4. The number of halogens is 1. The minimum absolute atomic E-state index is 0.00967. The monoisotopic (exact) mass is 472 g/mol. The van der Waals surface area contributed by atoms with Crippen LogP contribution >= 0.6 is 15.9 Å². The first-order valence-corrected chi connectivity index (χ1v) is 10.6. The molecule has 3 rings (SSSR count). The zero-order valence-corrected chi connectivity index (χ0v) is 19.3. The summed E-state index contributed by atoms with van der Waals surface area (Å²) in [6, 6.07) is 7.21. The number of nitrogens with one attached hydrogen (secondary N) is 2. The zero-order valence-electron chi connectivity index (χ0n) is 17.7. The Balaban J connectivity index is 2.27. The Bertz CT molecular complexity index is 1240. The first-order valence-electron chi connectivity index (χ1n) is 9.83. The highest BCUT2D eigenvalue weighted by Gasteiger charge is 2.21. The topological polar surface area (TPSA) is 96.8 Å². The van der Waals surface area contributed by atoms with Crippen LogP contribution in [0.2, 0.25) is 0 Å². The maximum Gasteiger partial charge on any atom is 0.330 e. The van der Waals surface area contributed by atoms with Crippen LogP contribution in [0.4, 0.5) is 5.69 Å². The molecule has 3 aromatic rings. The van der Waals surface area contributed by atoms with Gasteiger partial charge >= 0.3 is 5.69 Å². The summed E-state index contributed by atoms with van der Waals surface area (Å²) in [6.07, 6.45) is 0. The predicted molar refractivity (Wildman–Crippen MR) is 122 cm³/mol. The van der Waals surface area contributed by atoms with Crippen molar-refractivity contribution in [2.24, 2.45) is 5.92 Å². The number of benzene rings is 1. The Hall–Kier alpha value is -2.74. The minimum atomic E-state index is -0.617. The van der Waals surface area contributed by atoms with Crippen molar-refractivity contribution in [3.05, 3.63) is 66.4 Å². The summed E-state index contributed by atoms with van der Waals surface area (Å²) in [4.78, 5) is 45.4. The summed E-state index contributed by atoms with van der Waals surface area (Å²) in [5.74, 6) is -0.260. The fraction of sp³-hybridized carbons (Fsp3) is 0.364. The zero-order chi connectivity index (χ0) is 22.2. The molecule has 0 saturated carbocycles. The highest BCUT2D eigenvalue weighted by atomic mass is 79.9. The number of carbonyl (C=O) groups is 1. The lowest BCUT2D eigenvalue weighted by Crippen LogP contribution is -2.33. The molecule has 0 aliphatic rings. The van der Waals surface area contributed by atoms with Crippen molar-refractivity contribution in [1.29, 1.82) is 0 Å². The second-order valence-corrected chi connectivity index (χ2v) is 9.04. The second kappa shape index (κ2) is 8.55. The number of anilines is 1. The Morgan fingerprint density at radius 2 is 1.90 bits per heavy atom. The van der Waals surface area contributed by atoms with Crippen LogP contribution in [-0.4, -0.2) is 20.4 Å². The molecule has 0 aliphatic heterocycles. The Morgan fingerprint density at radius 1 is 1.20 bits per heavy atom. The summed E-state index contributed by atoms with van der Waals surface area (Å²) < 4.78 is 2.27.